The van der Waals surface area contributed by atoms with Crippen molar-refractivity contribution in [3.63, 3.8) is 0 Å². The zero-order chi connectivity index (χ0) is 26.6. The van der Waals surface area contributed by atoms with E-state index < -0.39 is 0 Å². The SMILES string of the molecule is c1cc2c3cccc4c5cccc6c7cccc8c9cccc%10c%11cccc%12c(c1)c2c1c(c34)c(c56)c(c78)c(c%109)c1c%12%11. The third-order valence-electron chi connectivity index (χ3n) is 11.1. The molecule has 13 aromatic carbocycles. The summed E-state index contributed by atoms with van der Waals surface area (Å²) in [5.74, 6) is 0. The molecule has 0 fully saturated rings. The first-order valence-corrected chi connectivity index (χ1v) is 15.0. The fourth-order valence-electron chi connectivity index (χ4n) is 9.87. The average Bonchev–Trinajstić information content (AvgIpc) is 3.06. The van der Waals surface area contributed by atoms with Crippen molar-refractivity contribution in [2.45, 2.75) is 0 Å². The summed E-state index contributed by atoms with van der Waals surface area (Å²) in [6.07, 6.45) is 0. The molecule has 0 aliphatic heterocycles. The van der Waals surface area contributed by atoms with E-state index >= 15 is 0 Å². The van der Waals surface area contributed by atoms with E-state index in [1.54, 1.807) is 0 Å². The maximum atomic E-state index is 2.37. The van der Waals surface area contributed by atoms with Gasteiger partial charge in [0.25, 0.3) is 0 Å². The first kappa shape index (κ1) is 19.6. The Labute approximate surface area is 237 Å². The summed E-state index contributed by atoms with van der Waals surface area (Å²) in [5.41, 5.74) is 0. The molecule has 0 N–H and O–H groups in total. The maximum absolute atomic E-state index is 2.37. The minimum atomic E-state index is 1.38. The molecule has 0 saturated carbocycles. The Morgan fingerprint density at radius 3 is 0.381 bits per heavy atom. The van der Waals surface area contributed by atoms with Crippen molar-refractivity contribution in [2.24, 2.45) is 0 Å². The molecule has 13 rings (SSSR count). The van der Waals surface area contributed by atoms with Gasteiger partial charge in [-0.15, -0.1) is 0 Å². The molecular formula is C42H18. The standard InChI is InChI=1S/C42H18/c1-7-19-21-9-2-11-23-25-13-4-15-27-29-17-6-18-30-28-16-5-14-26-24-12-3-10-22-20(8-1)31(19)37-38(32(21)23)40(34(25)27)42(36(29)30)41(35(26)28)39(37)33(22)24/h1-18H. The second-order valence-corrected chi connectivity index (χ2v) is 12.6. The Morgan fingerprint density at radius 2 is 0.262 bits per heavy atom. The average molecular weight is 523 g/mol. The van der Waals surface area contributed by atoms with E-state index in [9.17, 15) is 0 Å². The van der Waals surface area contributed by atoms with Crippen LogP contribution in [0.25, 0.3) is 129 Å². The molecule has 0 heterocycles. The van der Waals surface area contributed by atoms with Gasteiger partial charge >= 0.3 is 0 Å². The van der Waals surface area contributed by atoms with Crippen molar-refractivity contribution in [3.8, 4) is 0 Å². The highest BCUT2D eigenvalue weighted by molar-refractivity contribution is 6.61. The lowest BCUT2D eigenvalue weighted by Gasteiger charge is -2.29. The summed E-state index contributed by atoms with van der Waals surface area (Å²) >= 11 is 0. The van der Waals surface area contributed by atoms with Crippen LogP contribution in [0.2, 0.25) is 0 Å². The van der Waals surface area contributed by atoms with E-state index in [1.165, 1.54) is 129 Å². The van der Waals surface area contributed by atoms with E-state index in [2.05, 4.69) is 109 Å². The number of hydrogen-bond acceptors (Lipinski definition) is 0. The number of hydrogen-bond donors (Lipinski definition) is 0. The van der Waals surface area contributed by atoms with Crippen LogP contribution in [0.4, 0.5) is 0 Å². The van der Waals surface area contributed by atoms with Gasteiger partial charge in [0.15, 0.2) is 0 Å². The lowest BCUT2D eigenvalue weighted by Crippen LogP contribution is -1.99. The highest BCUT2D eigenvalue weighted by Crippen LogP contribution is 2.59. The van der Waals surface area contributed by atoms with E-state index in [-0.39, 0.29) is 0 Å². The van der Waals surface area contributed by atoms with E-state index in [0.717, 1.165) is 0 Å². The van der Waals surface area contributed by atoms with Crippen molar-refractivity contribution in [3.05, 3.63) is 109 Å². The second-order valence-electron chi connectivity index (χ2n) is 12.6. The van der Waals surface area contributed by atoms with Crippen molar-refractivity contribution in [1.82, 2.24) is 0 Å². The van der Waals surface area contributed by atoms with Gasteiger partial charge in [-0.2, -0.15) is 0 Å². The molecule has 0 amide bonds. The molecule has 0 aromatic heterocycles. The predicted octanol–water partition coefficient (Wildman–Crippen LogP) is 12.2. The van der Waals surface area contributed by atoms with Crippen LogP contribution in [0.5, 0.6) is 0 Å². The zero-order valence-corrected chi connectivity index (χ0v) is 22.4. The van der Waals surface area contributed by atoms with Gasteiger partial charge in [-0.3, -0.25) is 0 Å². The highest BCUT2D eigenvalue weighted by Gasteiger charge is 2.30. The van der Waals surface area contributed by atoms with Crippen LogP contribution in [0, 0.1) is 0 Å². The highest BCUT2D eigenvalue weighted by atomic mass is 14.3. The van der Waals surface area contributed by atoms with Crippen LogP contribution in [0.15, 0.2) is 109 Å². The molecule has 42 heavy (non-hydrogen) atoms. The first-order valence-electron chi connectivity index (χ1n) is 15.0. The van der Waals surface area contributed by atoms with Crippen LogP contribution in [-0.2, 0) is 0 Å². The molecule has 0 radical (unpaired) electrons. The largest absolute Gasteiger partial charge is 0.0610 e. The van der Waals surface area contributed by atoms with Crippen LogP contribution in [0.3, 0.4) is 0 Å². The molecule has 0 heteroatoms. The second kappa shape index (κ2) is 5.93. The molecule has 186 valence electrons. The normalized spacial score (nSPS) is 13.7. The fourth-order valence-corrected chi connectivity index (χ4v) is 9.87. The van der Waals surface area contributed by atoms with E-state index in [0.29, 0.717) is 0 Å². The lowest BCUT2D eigenvalue weighted by atomic mass is 9.73. The van der Waals surface area contributed by atoms with Crippen LogP contribution >= 0.6 is 0 Å². The van der Waals surface area contributed by atoms with Crippen LogP contribution in [0.1, 0.15) is 0 Å². The summed E-state index contributed by atoms with van der Waals surface area (Å²) in [6.45, 7) is 0. The molecule has 0 saturated heterocycles. The smallest absolute Gasteiger partial charge is 0.0000476 e. The fraction of sp³-hybridized carbons (Fsp3) is 0. The van der Waals surface area contributed by atoms with E-state index in [4.69, 9.17) is 0 Å². The summed E-state index contributed by atoms with van der Waals surface area (Å²) in [6, 6.07) is 42.1. The minimum Gasteiger partial charge on any atom is -0.0610 e. The molecule has 0 atom stereocenters. The van der Waals surface area contributed by atoms with Crippen molar-refractivity contribution < 1.29 is 0 Å². The van der Waals surface area contributed by atoms with Gasteiger partial charge in [-0.05, 0) is 129 Å². The predicted molar refractivity (Wildman–Crippen MR) is 184 cm³/mol. The molecule has 0 unspecified atom stereocenters. The maximum Gasteiger partial charge on any atom is -0.0000476 e. The third kappa shape index (κ3) is 1.71. The van der Waals surface area contributed by atoms with Gasteiger partial charge in [0.2, 0.25) is 0 Å². The molecule has 0 nitrogen and oxygen atoms in total. The molecule has 0 aliphatic carbocycles. The zero-order valence-electron chi connectivity index (χ0n) is 22.4. The Kier molecular flexibility index (Phi) is 2.77. The Hall–Kier alpha value is -5.46. The monoisotopic (exact) mass is 522 g/mol. The number of benzene rings is 13. The third-order valence-corrected chi connectivity index (χ3v) is 11.1. The summed E-state index contributed by atoms with van der Waals surface area (Å²) < 4.78 is 0. The summed E-state index contributed by atoms with van der Waals surface area (Å²) in [4.78, 5) is 0. The summed E-state index contributed by atoms with van der Waals surface area (Å²) in [7, 11) is 0. The van der Waals surface area contributed by atoms with Crippen molar-refractivity contribution in [1.29, 1.82) is 0 Å². The summed E-state index contributed by atoms with van der Waals surface area (Å²) in [5, 5.41) is 33.9. The Morgan fingerprint density at radius 1 is 0.143 bits per heavy atom. The molecular weight excluding hydrogens is 504 g/mol. The molecule has 0 aliphatic rings. The first-order chi connectivity index (χ1) is 20.9. The molecule has 13 aromatic rings. The molecule has 0 spiro atoms. The van der Waals surface area contributed by atoms with Gasteiger partial charge in [0, 0.05) is 0 Å². The topological polar surface area (TPSA) is 0 Å². The van der Waals surface area contributed by atoms with Crippen LogP contribution < -0.4 is 0 Å². The molecule has 0 bridgehead atoms. The number of rotatable bonds is 0. The van der Waals surface area contributed by atoms with Gasteiger partial charge in [0.1, 0.15) is 0 Å². The van der Waals surface area contributed by atoms with Gasteiger partial charge in [0.05, 0.1) is 0 Å². The Bertz CT molecular complexity index is 2520. The van der Waals surface area contributed by atoms with Crippen molar-refractivity contribution >= 4 is 129 Å². The van der Waals surface area contributed by atoms with Crippen LogP contribution in [-0.4, -0.2) is 0 Å². The minimum absolute atomic E-state index is 1.38. The van der Waals surface area contributed by atoms with Gasteiger partial charge < -0.3 is 0 Å². The van der Waals surface area contributed by atoms with Crippen molar-refractivity contribution in [2.75, 3.05) is 0 Å². The lowest BCUT2D eigenvalue weighted by molar-refractivity contribution is 1.81. The number of fused-ring (bicyclic) bond motifs is 6. The van der Waals surface area contributed by atoms with E-state index in [1.807, 2.05) is 0 Å². The van der Waals surface area contributed by atoms with Gasteiger partial charge in [-0.1, -0.05) is 109 Å². The quantitative estimate of drug-likeness (QED) is 0.137. The van der Waals surface area contributed by atoms with Gasteiger partial charge in [-0.25, -0.2) is 0 Å². The Balaban J connectivity index is 1.64.